The van der Waals surface area contributed by atoms with Crippen molar-refractivity contribution >= 4 is 77.5 Å². The number of anilines is 3. The highest BCUT2D eigenvalue weighted by Gasteiger charge is 2.22. The zero-order chi connectivity index (χ0) is 34.9. The predicted octanol–water partition coefficient (Wildman–Crippen LogP) is 13.0. The topological polar surface area (TPSA) is 33.3 Å². The van der Waals surface area contributed by atoms with Crippen LogP contribution in [0.1, 0.15) is 11.3 Å². The molecule has 53 heavy (non-hydrogen) atoms. The summed E-state index contributed by atoms with van der Waals surface area (Å²) in [5.74, 6) is 0.921. The maximum absolute atomic E-state index is 6.27. The van der Waals surface area contributed by atoms with Crippen molar-refractivity contribution in [2.75, 3.05) is 4.90 Å². The van der Waals surface area contributed by atoms with Crippen LogP contribution in [0.15, 0.2) is 180 Å². The van der Waals surface area contributed by atoms with Crippen LogP contribution in [0.4, 0.5) is 17.1 Å². The van der Waals surface area contributed by atoms with Crippen LogP contribution in [0.5, 0.6) is 0 Å². The third-order valence-electron chi connectivity index (χ3n) is 10.8. The summed E-state index contributed by atoms with van der Waals surface area (Å²) in [5.41, 5.74) is 11.2. The number of rotatable bonds is 5. The Labute approximate surface area is 306 Å². The standard InChI is InChI=1S/C49H33N3O/c1-2-12-35-29-47-41(28-34(35)11-1)40-16-6-8-18-46(40)51(47)36-22-20-33(21-23-36)39-15-5-7-17-44(39)52(45-19-9-13-32-10-3-4-14-38(32)45)37-24-25-48-42(30-37)43-31-50-27-26-49(43)53-48/h1-30,50H,31H2. The average molecular weight is 680 g/mol. The van der Waals surface area contributed by atoms with Crippen molar-refractivity contribution in [1.82, 2.24) is 9.88 Å². The van der Waals surface area contributed by atoms with Crippen LogP contribution >= 0.6 is 0 Å². The molecule has 8 aromatic carbocycles. The van der Waals surface area contributed by atoms with Crippen LogP contribution in [0.3, 0.4) is 0 Å². The number of hydrogen-bond donors (Lipinski definition) is 1. The third kappa shape index (κ3) is 4.69. The number of hydrogen-bond acceptors (Lipinski definition) is 3. The van der Waals surface area contributed by atoms with Gasteiger partial charge in [0, 0.05) is 56.8 Å². The van der Waals surface area contributed by atoms with Gasteiger partial charge in [0.15, 0.2) is 0 Å². The summed E-state index contributed by atoms with van der Waals surface area (Å²) < 4.78 is 8.67. The zero-order valence-electron chi connectivity index (χ0n) is 28.8. The summed E-state index contributed by atoms with van der Waals surface area (Å²) in [6, 6.07) is 61.6. The van der Waals surface area contributed by atoms with Crippen molar-refractivity contribution in [2.45, 2.75) is 6.54 Å². The van der Waals surface area contributed by atoms with E-state index in [1.54, 1.807) is 0 Å². The van der Waals surface area contributed by atoms with Crippen LogP contribution in [0, 0.1) is 0 Å². The van der Waals surface area contributed by atoms with Crippen LogP contribution in [-0.4, -0.2) is 4.57 Å². The maximum atomic E-state index is 6.27. The molecular formula is C49H33N3O. The first kappa shape index (κ1) is 29.7. The fourth-order valence-electron chi connectivity index (χ4n) is 8.35. The lowest BCUT2D eigenvalue weighted by Gasteiger charge is -2.29. The smallest absolute Gasteiger partial charge is 0.135 e. The summed E-state index contributed by atoms with van der Waals surface area (Å²) in [7, 11) is 0. The van der Waals surface area contributed by atoms with Crippen LogP contribution in [0.25, 0.3) is 77.2 Å². The van der Waals surface area contributed by atoms with E-state index in [0.717, 1.165) is 57.2 Å². The van der Waals surface area contributed by atoms with Crippen molar-refractivity contribution in [1.29, 1.82) is 0 Å². The molecule has 0 spiro atoms. The van der Waals surface area contributed by atoms with Gasteiger partial charge in [-0.3, -0.25) is 0 Å². The molecule has 1 aliphatic rings. The fraction of sp³-hybridized carbons (Fsp3) is 0.0204. The molecule has 0 unspecified atom stereocenters. The van der Waals surface area contributed by atoms with Crippen LogP contribution in [-0.2, 0) is 6.54 Å². The number of nitrogens with one attached hydrogen (secondary N) is 1. The molecule has 0 saturated carbocycles. The molecule has 3 heterocycles. The van der Waals surface area contributed by atoms with E-state index in [9.17, 15) is 0 Å². The number of para-hydroxylation sites is 2. The van der Waals surface area contributed by atoms with Crippen molar-refractivity contribution < 1.29 is 4.42 Å². The lowest BCUT2D eigenvalue weighted by atomic mass is 9.99. The van der Waals surface area contributed by atoms with Gasteiger partial charge in [0.05, 0.1) is 22.4 Å². The minimum Gasteiger partial charge on any atom is -0.456 e. The summed E-state index contributed by atoms with van der Waals surface area (Å²) in [4.78, 5) is 2.41. The number of nitrogens with zero attached hydrogens (tertiary/aromatic N) is 2. The molecule has 0 saturated heterocycles. The molecular weight excluding hydrogens is 647 g/mol. The van der Waals surface area contributed by atoms with Gasteiger partial charge in [-0.1, -0.05) is 109 Å². The number of aromatic nitrogens is 1. The summed E-state index contributed by atoms with van der Waals surface area (Å²) >= 11 is 0. The SMILES string of the molecule is C1=Cc2oc3ccc(N(c4ccccc4-c4ccc(-n5c6ccccc6c6cc7ccccc7cc65)cc4)c4cccc5ccccc45)cc3c2CN1. The van der Waals surface area contributed by atoms with Gasteiger partial charge < -0.3 is 19.2 Å². The van der Waals surface area contributed by atoms with E-state index in [0.29, 0.717) is 0 Å². The Morgan fingerprint density at radius 1 is 0.528 bits per heavy atom. The minimum atomic E-state index is 0.738. The highest BCUT2D eigenvalue weighted by atomic mass is 16.3. The van der Waals surface area contributed by atoms with E-state index in [4.69, 9.17) is 4.42 Å². The Bertz CT molecular complexity index is 3070. The van der Waals surface area contributed by atoms with E-state index in [-0.39, 0.29) is 0 Å². The zero-order valence-corrected chi connectivity index (χ0v) is 28.8. The van der Waals surface area contributed by atoms with E-state index in [2.05, 4.69) is 185 Å². The second-order valence-corrected chi connectivity index (χ2v) is 13.8. The molecule has 2 aromatic heterocycles. The van der Waals surface area contributed by atoms with Gasteiger partial charge >= 0.3 is 0 Å². The Morgan fingerprint density at radius 2 is 1.25 bits per heavy atom. The number of fused-ring (bicyclic) bond motifs is 8. The Hall–Kier alpha value is -7.04. The van der Waals surface area contributed by atoms with Crippen molar-refractivity contribution in [2.24, 2.45) is 0 Å². The summed E-state index contributed by atoms with van der Waals surface area (Å²) in [6.45, 7) is 0.738. The van der Waals surface area contributed by atoms with Crippen molar-refractivity contribution in [3.8, 4) is 16.8 Å². The lowest BCUT2D eigenvalue weighted by molar-refractivity contribution is 0.592. The molecule has 0 bridgehead atoms. The minimum absolute atomic E-state index is 0.738. The first-order valence-corrected chi connectivity index (χ1v) is 18.1. The van der Waals surface area contributed by atoms with Gasteiger partial charge in [0.2, 0.25) is 0 Å². The van der Waals surface area contributed by atoms with E-state index >= 15 is 0 Å². The monoisotopic (exact) mass is 679 g/mol. The van der Waals surface area contributed by atoms with Crippen molar-refractivity contribution in [3.63, 3.8) is 0 Å². The van der Waals surface area contributed by atoms with Crippen LogP contribution in [0.2, 0.25) is 0 Å². The van der Waals surface area contributed by atoms with E-state index in [1.807, 2.05) is 12.3 Å². The second kappa shape index (κ2) is 11.8. The largest absolute Gasteiger partial charge is 0.456 e. The van der Waals surface area contributed by atoms with E-state index < -0.39 is 0 Å². The maximum Gasteiger partial charge on any atom is 0.135 e. The summed E-state index contributed by atoms with van der Waals surface area (Å²) in [6.07, 6.45) is 3.97. The first-order valence-electron chi connectivity index (χ1n) is 18.1. The molecule has 0 amide bonds. The molecule has 4 nitrogen and oxygen atoms in total. The van der Waals surface area contributed by atoms with Crippen LogP contribution < -0.4 is 10.2 Å². The van der Waals surface area contributed by atoms with Crippen molar-refractivity contribution in [3.05, 3.63) is 187 Å². The summed E-state index contributed by atoms with van der Waals surface area (Å²) in [5, 5.41) is 11.9. The van der Waals surface area contributed by atoms with Gasteiger partial charge in [-0.25, -0.2) is 0 Å². The Morgan fingerprint density at radius 3 is 2.13 bits per heavy atom. The Kier molecular flexibility index (Phi) is 6.58. The van der Waals surface area contributed by atoms with Gasteiger partial charge in [0.1, 0.15) is 11.3 Å². The molecule has 4 heteroatoms. The van der Waals surface area contributed by atoms with Gasteiger partial charge in [-0.2, -0.15) is 0 Å². The van der Waals surface area contributed by atoms with Gasteiger partial charge in [-0.05, 0) is 88.5 Å². The Balaban J connectivity index is 1.09. The average Bonchev–Trinajstić information content (AvgIpc) is 3.75. The van der Waals surface area contributed by atoms with Gasteiger partial charge in [-0.15, -0.1) is 0 Å². The molecule has 10 aromatic rings. The molecule has 1 aliphatic heterocycles. The molecule has 250 valence electrons. The van der Waals surface area contributed by atoms with E-state index in [1.165, 1.54) is 48.9 Å². The molecule has 0 radical (unpaired) electrons. The molecule has 0 atom stereocenters. The lowest BCUT2D eigenvalue weighted by Crippen LogP contribution is -2.12. The number of benzene rings is 8. The highest BCUT2D eigenvalue weighted by Crippen LogP contribution is 2.45. The normalized spacial score (nSPS) is 12.5. The fourth-order valence-corrected chi connectivity index (χ4v) is 8.35. The highest BCUT2D eigenvalue weighted by molar-refractivity contribution is 6.13. The molecule has 0 fully saturated rings. The predicted molar refractivity (Wildman–Crippen MR) is 222 cm³/mol. The molecule has 11 rings (SSSR count). The number of furan rings is 1. The first-order chi connectivity index (χ1) is 26.3. The van der Waals surface area contributed by atoms with Gasteiger partial charge in [0.25, 0.3) is 0 Å². The molecule has 0 aliphatic carbocycles. The quantitative estimate of drug-likeness (QED) is 0.197. The molecule has 1 N–H and O–H groups in total. The third-order valence-corrected chi connectivity index (χ3v) is 10.8. The second-order valence-electron chi connectivity index (χ2n) is 13.8.